The number of nitrogens with zero attached hydrogens (tertiary/aromatic N) is 1. The van der Waals surface area contributed by atoms with Crippen molar-refractivity contribution in [3.05, 3.63) is 29.8 Å². The molecule has 1 aromatic carbocycles. The monoisotopic (exact) mass is 209 g/mol. The molecule has 0 radical (unpaired) electrons. The highest BCUT2D eigenvalue weighted by Gasteiger charge is 2.08. The molecule has 3 heteroatoms. The zero-order chi connectivity index (χ0) is 11.1. The molecule has 0 spiro atoms. The Hall–Kier alpha value is -1.06. The average molecular weight is 209 g/mol. The fourth-order valence-corrected chi connectivity index (χ4v) is 1.71. The molecular formula is C12H19NO2. The van der Waals surface area contributed by atoms with Gasteiger partial charge in [0.2, 0.25) is 0 Å². The Kier molecular flexibility index (Phi) is 5.15. The van der Waals surface area contributed by atoms with Gasteiger partial charge in [-0.15, -0.1) is 0 Å². The molecule has 1 aromatic rings. The zero-order valence-corrected chi connectivity index (χ0v) is 9.19. The number of aliphatic hydroxyl groups excluding tert-OH is 2. The summed E-state index contributed by atoms with van der Waals surface area (Å²) in [5.74, 6) is 0. The van der Waals surface area contributed by atoms with Crippen LogP contribution in [0.25, 0.3) is 0 Å². The molecule has 0 bridgehead atoms. The second kappa shape index (κ2) is 6.43. The van der Waals surface area contributed by atoms with Crippen molar-refractivity contribution in [2.75, 3.05) is 31.2 Å². The van der Waals surface area contributed by atoms with Gasteiger partial charge in [0.1, 0.15) is 0 Å². The predicted molar refractivity (Wildman–Crippen MR) is 62.2 cm³/mol. The van der Waals surface area contributed by atoms with Crippen molar-refractivity contribution < 1.29 is 10.2 Å². The second-order valence-electron chi connectivity index (χ2n) is 3.42. The minimum Gasteiger partial charge on any atom is -0.395 e. The number of aryl methyl sites for hydroxylation is 1. The Bertz CT molecular complexity index is 283. The van der Waals surface area contributed by atoms with Crippen LogP contribution in [0.3, 0.4) is 0 Å². The van der Waals surface area contributed by atoms with Crippen LogP contribution in [0, 0.1) is 0 Å². The van der Waals surface area contributed by atoms with Gasteiger partial charge in [0.15, 0.2) is 0 Å². The number of hydrogen-bond acceptors (Lipinski definition) is 3. The smallest absolute Gasteiger partial charge is 0.0606 e. The van der Waals surface area contributed by atoms with Gasteiger partial charge in [-0.25, -0.2) is 0 Å². The third-order valence-corrected chi connectivity index (χ3v) is 2.45. The average Bonchev–Trinajstić information content (AvgIpc) is 2.29. The van der Waals surface area contributed by atoms with E-state index in [4.69, 9.17) is 10.2 Å². The number of rotatable bonds is 6. The summed E-state index contributed by atoms with van der Waals surface area (Å²) in [6, 6.07) is 8.11. The van der Waals surface area contributed by atoms with Gasteiger partial charge in [-0.3, -0.25) is 0 Å². The normalized spacial score (nSPS) is 10.3. The Morgan fingerprint density at radius 1 is 1.07 bits per heavy atom. The molecule has 84 valence electrons. The van der Waals surface area contributed by atoms with Crippen molar-refractivity contribution in [3.8, 4) is 0 Å². The van der Waals surface area contributed by atoms with Crippen molar-refractivity contribution in [3.63, 3.8) is 0 Å². The Balaban J connectivity index is 2.88. The fraction of sp³-hybridized carbons (Fsp3) is 0.500. The molecular weight excluding hydrogens is 190 g/mol. The summed E-state index contributed by atoms with van der Waals surface area (Å²) in [6.07, 6.45) is 0.962. The SMILES string of the molecule is CCc1ccccc1N(CCO)CCO. The van der Waals surface area contributed by atoms with Gasteiger partial charge < -0.3 is 15.1 Å². The van der Waals surface area contributed by atoms with Crippen molar-refractivity contribution in [2.24, 2.45) is 0 Å². The second-order valence-corrected chi connectivity index (χ2v) is 3.42. The number of anilines is 1. The molecule has 0 aromatic heterocycles. The maximum absolute atomic E-state index is 8.96. The van der Waals surface area contributed by atoms with E-state index >= 15 is 0 Å². The summed E-state index contributed by atoms with van der Waals surface area (Å²) in [5.41, 5.74) is 2.36. The minimum absolute atomic E-state index is 0.109. The highest BCUT2D eigenvalue weighted by Crippen LogP contribution is 2.20. The highest BCUT2D eigenvalue weighted by atomic mass is 16.3. The third-order valence-electron chi connectivity index (χ3n) is 2.45. The van der Waals surface area contributed by atoms with Crippen LogP contribution in [0.15, 0.2) is 24.3 Å². The molecule has 0 aliphatic carbocycles. The summed E-state index contributed by atoms with van der Waals surface area (Å²) in [5, 5.41) is 17.9. The lowest BCUT2D eigenvalue weighted by molar-refractivity contribution is 0.281. The maximum Gasteiger partial charge on any atom is 0.0606 e. The highest BCUT2D eigenvalue weighted by molar-refractivity contribution is 5.53. The summed E-state index contributed by atoms with van der Waals surface area (Å²) in [7, 11) is 0. The van der Waals surface area contributed by atoms with E-state index in [0.717, 1.165) is 12.1 Å². The molecule has 1 rings (SSSR count). The van der Waals surface area contributed by atoms with Gasteiger partial charge in [-0.2, -0.15) is 0 Å². The summed E-state index contributed by atoms with van der Waals surface area (Å²) >= 11 is 0. The number of para-hydroxylation sites is 1. The standard InChI is InChI=1S/C12H19NO2/c1-2-11-5-3-4-6-12(11)13(7-9-14)8-10-15/h3-6,14-15H,2,7-10H2,1H3. The number of aliphatic hydroxyl groups is 2. The van der Waals surface area contributed by atoms with E-state index in [1.165, 1.54) is 5.56 Å². The van der Waals surface area contributed by atoms with Gasteiger partial charge in [-0.05, 0) is 18.1 Å². The molecule has 0 fully saturated rings. The van der Waals surface area contributed by atoms with E-state index in [9.17, 15) is 0 Å². The van der Waals surface area contributed by atoms with Crippen LogP contribution in [-0.4, -0.2) is 36.5 Å². The predicted octanol–water partition coefficient (Wildman–Crippen LogP) is 1.04. The van der Waals surface area contributed by atoms with Crippen LogP contribution in [0.4, 0.5) is 5.69 Å². The van der Waals surface area contributed by atoms with Crippen LogP contribution in [0.1, 0.15) is 12.5 Å². The molecule has 0 aliphatic heterocycles. The Morgan fingerprint density at radius 2 is 1.67 bits per heavy atom. The lowest BCUT2D eigenvalue weighted by Crippen LogP contribution is -2.30. The van der Waals surface area contributed by atoms with Gasteiger partial charge >= 0.3 is 0 Å². The Labute approximate surface area is 91.0 Å². The van der Waals surface area contributed by atoms with Crippen LogP contribution in [-0.2, 0) is 6.42 Å². The molecule has 3 nitrogen and oxygen atoms in total. The largest absolute Gasteiger partial charge is 0.395 e. The molecule has 0 saturated carbocycles. The Morgan fingerprint density at radius 3 is 2.20 bits per heavy atom. The van der Waals surface area contributed by atoms with Crippen LogP contribution < -0.4 is 4.90 Å². The first-order valence-corrected chi connectivity index (χ1v) is 5.38. The quantitative estimate of drug-likeness (QED) is 0.735. The van der Waals surface area contributed by atoms with Crippen molar-refractivity contribution >= 4 is 5.69 Å². The van der Waals surface area contributed by atoms with Gasteiger partial charge in [0, 0.05) is 18.8 Å². The van der Waals surface area contributed by atoms with Gasteiger partial charge in [0.05, 0.1) is 13.2 Å². The first kappa shape index (κ1) is 12.0. The fourth-order valence-electron chi connectivity index (χ4n) is 1.71. The van der Waals surface area contributed by atoms with Crippen LogP contribution >= 0.6 is 0 Å². The first-order valence-electron chi connectivity index (χ1n) is 5.38. The van der Waals surface area contributed by atoms with E-state index in [2.05, 4.69) is 13.0 Å². The maximum atomic E-state index is 8.96. The van der Waals surface area contributed by atoms with E-state index in [-0.39, 0.29) is 13.2 Å². The minimum atomic E-state index is 0.109. The molecule has 0 atom stereocenters. The molecule has 0 saturated heterocycles. The van der Waals surface area contributed by atoms with Gasteiger partial charge in [0.25, 0.3) is 0 Å². The van der Waals surface area contributed by atoms with Crippen LogP contribution in [0.2, 0.25) is 0 Å². The van der Waals surface area contributed by atoms with Crippen molar-refractivity contribution in [1.82, 2.24) is 0 Å². The molecule has 15 heavy (non-hydrogen) atoms. The molecule has 0 amide bonds. The van der Waals surface area contributed by atoms with Crippen LogP contribution in [0.5, 0.6) is 0 Å². The molecule has 0 heterocycles. The summed E-state index contributed by atoms with van der Waals surface area (Å²) in [4.78, 5) is 2.01. The topological polar surface area (TPSA) is 43.7 Å². The molecule has 2 N–H and O–H groups in total. The van der Waals surface area contributed by atoms with E-state index in [0.29, 0.717) is 13.1 Å². The van der Waals surface area contributed by atoms with E-state index in [1.807, 2.05) is 23.1 Å². The zero-order valence-electron chi connectivity index (χ0n) is 9.19. The number of hydrogen-bond donors (Lipinski definition) is 2. The summed E-state index contributed by atoms with van der Waals surface area (Å²) in [6.45, 7) is 3.46. The first-order chi connectivity index (χ1) is 7.33. The lowest BCUT2D eigenvalue weighted by Gasteiger charge is -2.25. The van der Waals surface area contributed by atoms with Crippen molar-refractivity contribution in [2.45, 2.75) is 13.3 Å². The van der Waals surface area contributed by atoms with Crippen molar-refractivity contribution in [1.29, 1.82) is 0 Å². The van der Waals surface area contributed by atoms with E-state index in [1.54, 1.807) is 0 Å². The van der Waals surface area contributed by atoms with Gasteiger partial charge in [-0.1, -0.05) is 25.1 Å². The third kappa shape index (κ3) is 3.22. The molecule has 0 unspecified atom stereocenters. The number of benzene rings is 1. The lowest BCUT2D eigenvalue weighted by atomic mass is 10.1. The molecule has 0 aliphatic rings. The summed E-state index contributed by atoms with van der Waals surface area (Å²) < 4.78 is 0. The van der Waals surface area contributed by atoms with E-state index < -0.39 is 0 Å².